The molecule has 2 aromatic heterocycles. The Morgan fingerprint density at radius 2 is 2.23 bits per heavy atom. The van der Waals surface area contributed by atoms with Crippen LogP contribution in [-0.4, -0.2) is 23.1 Å². The molecule has 0 radical (unpaired) electrons. The molecule has 3 aromatic rings. The van der Waals surface area contributed by atoms with Crippen molar-refractivity contribution in [1.29, 1.82) is 0 Å². The molecule has 112 valence electrons. The van der Waals surface area contributed by atoms with Crippen molar-refractivity contribution in [3.05, 3.63) is 53.6 Å². The highest BCUT2D eigenvalue weighted by Crippen LogP contribution is 2.36. The molecule has 1 aliphatic heterocycles. The Kier molecular flexibility index (Phi) is 3.30. The van der Waals surface area contributed by atoms with Gasteiger partial charge in [0.15, 0.2) is 5.13 Å². The average Bonchev–Trinajstić information content (AvgIpc) is 3.14. The summed E-state index contributed by atoms with van der Waals surface area (Å²) < 4.78 is 14.5. The van der Waals surface area contributed by atoms with Gasteiger partial charge in [-0.15, -0.1) is 0 Å². The summed E-state index contributed by atoms with van der Waals surface area (Å²) in [4.78, 5) is 11.1. The third-order valence-corrected chi connectivity index (χ3v) is 5.32. The Bertz CT molecular complexity index is 830. The van der Waals surface area contributed by atoms with E-state index in [1.165, 1.54) is 28.5 Å². The summed E-state index contributed by atoms with van der Waals surface area (Å²) in [6, 6.07) is 7.29. The lowest BCUT2D eigenvalue weighted by molar-refractivity contribution is 0.641. The molecule has 1 aromatic carbocycles. The summed E-state index contributed by atoms with van der Waals surface area (Å²) in [7, 11) is 0. The molecule has 22 heavy (non-hydrogen) atoms. The zero-order chi connectivity index (χ0) is 15.1. The van der Waals surface area contributed by atoms with Crippen molar-refractivity contribution in [2.45, 2.75) is 19.3 Å². The normalized spacial score (nSPS) is 18.3. The minimum absolute atomic E-state index is 0.181. The van der Waals surface area contributed by atoms with Gasteiger partial charge in [-0.05, 0) is 36.6 Å². The smallest absolute Gasteiger partial charge is 0.186 e. The first-order chi connectivity index (χ1) is 10.7. The molecule has 3 heterocycles. The molecule has 0 amide bonds. The number of aryl methyl sites for hydroxylation is 1. The second-order valence-corrected chi connectivity index (χ2v) is 6.79. The Morgan fingerprint density at radius 3 is 3.05 bits per heavy atom. The van der Waals surface area contributed by atoms with Crippen LogP contribution in [0.1, 0.15) is 23.5 Å². The van der Waals surface area contributed by atoms with E-state index in [1.807, 2.05) is 18.5 Å². The fourth-order valence-corrected chi connectivity index (χ4v) is 4.05. The molecular weight excluding hydrogens is 297 g/mol. The fraction of sp³-hybridized carbons (Fsp3) is 0.294. The van der Waals surface area contributed by atoms with Crippen LogP contribution in [0.3, 0.4) is 0 Å². The van der Waals surface area contributed by atoms with Gasteiger partial charge in [0.05, 0.1) is 10.2 Å². The monoisotopic (exact) mass is 313 g/mol. The highest BCUT2D eigenvalue weighted by atomic mass is 32.1. The van der Waals surface area contributed by atoms with Gasteiger partial charge in [-0.2, -0.15) is 0 Å². The molecular formula is C17H16FN3S. The number of fused-ring (bicyclic) bond motifs is 1. The van der Waals surface area contributed by atoms with Crippen LogP contribution in [0.4, 0.5) is 9.52 Å². The van der Waals surface area contributed by atoms with Crippen LogP contribution >= 0.6 is 11.3 Å². The van der Waals surface area contributed by atoms with Gasteiger partial charge in [0.1, 0.15) is 5.82 Å². The summed E-state index contributed by atoms with van der Waals surface area (Å²) in [5, 5.41) is 0.920. The molecule has 1 saturated heterocycles. The number of aromatic nitrogens is 2. The number of rotatable bonds is 2. The molecule has 1 fully saturated rings. The van der Waals surface area contributed by atoms with E-state index in [2.05, 4.69) is 27.9 Å². The topological polar surface area (TPSA) is 29.0 Å². The Labute approximate surface area is 132 Å². The van der Waals surface area contributed by atoms with Crippen LogP contribution < -0.4 is 4.90 Å². The van der Waals surface area contributed by atoms with Crippen LogP contribution in [0.5, 0.6) is 0 Å². The maximum absolute atomic E-state index is 13.8. The predicted molar refractivity (Wildman–Crippen MR) is 88.1 cm³/mol. The summed E-state index contributed by atoms with van der Waals surface area (Å²) in [5.74, 6) is 0.296. The third kappa shape index (κ3) is 2.35. The second-order valence-electron chi connectivity index (χ2n) is 5.81. The van der Waals surface area contributed by atoms with E-state index < -0.39 is 0 Å². The number of anilines is 1. The van der Waals surface area contributed by atoms with E-state index in [0.29, 0.717) is 10.6 Å². The van der Waals surface area contributed by atoms with E-state index in [-0.39, 0.29) is 5.82 Å². The van der Waals surface area contributed by atoms with Gasteiger partial charge in [-0.3, -0.25) is 4.98 Å². The summed E-state index contributed by atoms with van der Waals surface area (Å²) >= 11 is 1.45. The van der Waals surface area contributed by atoms with Crippen LogP contribution in [0, 0.1) is 12.7 Å². The third-order valence-electron chi connectivity index (χ3n) is 4.18. The zero-order valence-electron chi connectivity index (χ0n) is 12.3. The summed E-state index contributed by atoms with van der Waals surface area (Å²) in [5.41, 5.74) is 3.23. The second kappa shape index (κ2) is 5.32. The standard InChI is InChI=1S/C17H16FN3S/c1-11-7-13(9-19-8-11)12-5-6-21(10-12)17-20-15-4-2-3-14(18)16(15)22-17/h2-4,7-9,12H,5-6,10H2,1H3. The number of pyridine rings is 1. The van der Waals surface area contributed by atoms with Gasteiger partial charge in [0.2, 0.25) is 0 Å². The van der Waals surface area contributed by atoms with Crippen molar-refractivity contribution in [3.63, 3.8) is 0 Å². The van der Waals surface area contributed by atoms with E-state index >= 15 is 0 Å². The van der Waals surface area contributed by atoms with Crippen LogP contribution in [0.2, 0.25) is 0 Å². The van der Waals surface area contributed by atoms with E-state index in [1.54, 1.807) is 6.07 Å². The number of hydrogen-bond donors (Lipinski definition) is 0. The molecule has 3 nitrogen and oxygen atoms in total. The van der Waals surface area contributed by atoms with Crippen LogP contribution in [0.25, 0.3) is 10.2 Å². The molecule has 0 saturated carbocycles. The van der Waals surface area contributed by atoms with Crippen molar-refractivity contribution < 1.29 is 4.39 Å². The first-order valence-corrected chi connectivity index (χ1v) is 8.24. The lowest BCUT2D eigenvalue weighted by atomic mass is 9.99. The molecule has 1 atom stereocenters. The number of nitrogens with zero attached hydrogens (tertiary/aromatic N) is 3. The zero-order valence-corrected chi connectivity index (χ0v) is 13.1. The molecule has 5 heteroatoms. The maximum Gasteiger partial charge on any atom is 0.186 e. The maximum atomic E-state index is 13.8. The van der Waals surface area contributed by atoms with Gasteiger partial charge in [0, 0.05) is 31.4 Å². The molecule has 0 spiro atoms. The number of benzene rings is 1. The fourth-order valence-electron chi connectivity index (χ4n) is 3.05. The minimum atomic E-state index is -0.181. The van der Waals surface area contributed by atoms with Crippen molar-refractivity contribution in [2.75, 3.05) is 18.0 Å². The molecule has 1 aliphatic rings. The van der Waals surface area contributed by atoms with Crippen molar-refractivity contribution in [2.24, 2.45) is 0 Å². The lowest BCUT2D eigenvalue weighted by Gasteiger charge is -2.15. The SMILES string of the molecule is Cc1cncc(C2CCN(c3nc4cccc(F)c4s3)C2)c1. The lowest BCUT2D eigenvalue weighted by Crippen LogP contribution is -2.18. The number of thiazole rings is 1. The first-order valence-electron chi connectivity index (χ1n) is 7.42. The molecule has 4 rings (SSSR count). The Morgan fingerprint density at radius 1 is 1.32 bits per heavy atom. The minimum Gasteiger partial charge on any atom is -0.347 e. The van der Waals surface area contributed by atoms with Gasteiger partial charge < -0.3 is 4.90 Å². The van der Waals surface area contributed by atoms with Crippen molar-refractivity contribution in [3.8, 4) is 0 Å². The molecule has 0 bridgehead atoms. The van der Waals surface area contributed by atoms with Gasteiger partial charge in [0.25, 0.3) is 0 Å². The van der Waals surface area contributed by atoms with Crippen LogP contribution in [0.15, 0.2) is 36.7 Å². The highest BCUT2D eigenvalue weighted by molar-refractivity contribution is 7.22. The predicted octanol–water partition coefficient (Wildman–Crippen LogP) is 4.13. The van der Waals surface area contributed by atoms with E-state index in [4.69, 9.17) is 0 Å². The molecule has 0 N–H and O–H groups in total. The van der Waals surface area contributed by atoms with Crippen LogP contribution in [-0.2, 0) is 0 Å². The Balaban J connectivity index is 1.60. The Hall–Kier alpha value is -2.01. The van der Waals surface area contributed by atoms with Gasteiger partial charge >= 0.3 is 0 Å². The number of hydrogen-bond acceptors (Lipinski definition) is 4. The van der Waals surface area contributed by atoms with Gasteiger partial charge in [-0.25, -0.2) is 9.37 Å². The summed E-state index contributed by atoms with van der Waals surface area (Å²) in [6.45, 7) is 3.95. The quantitative estimate of drug-likeness (QED) is 0.712. The summed E-state index contributed by atoms with van der Waals surface area (Å²) in [6.07, 6.45) is 4.93. The first kappa shape index (κ1) is 13.6. The van der Waals surface area contributed by atoms with E-state index in [9.17, 15) is 4.39 Å². The van der Waals surface area contributed by atoms with E-state index in [0.717, 1.165) is 30.2 Å². The average molecular weight is 313 g/mol. The number of halogens is 1. The van der Waals surface area contributed by atoms with Crippen molar-refractivity contribution >= 4 is 26.7 Å². The van der Waals surface area contributed by atoms with Gasteiger partial charge in [-0.1, -0.05) is 23.5 Å². The largest absolute Gasteiger partial charge is 0.347 e. The molecule has 0 aliphatic carbocycles. The highest BCUT2D eigenvalue weighted by Gasteiger charge is 2.26. The molecule has 1 unspecified atom stereocenters. The van der Waals surface area contributed by atoms with Crippen molar-refractivity contribution in [1.82, 2.24) is 9.97 Å².